The van der Waals surface area contributed by atoms with Gasteiger partial charge in [0.2, 0.25) is 0 Å². The molecular weight excluding hydrogens is 278 g/mol. The Balaban J connectivity index is 1.94. The van der Waals surface area contributed by atoms with Crippen molar-refractivity contribution in [3.8, 4) is 11.3 Å². The van der Waals surface area contributed by atoms with Crippen LogP contribution in [0.15, 0.2) is 29.6 Å². The first-order valence-corrected chi connectivity index (χ1v) is 8.63. The van der Waals surface area contributed by atoms with Crippen LogP contribution in [0.2, 0.25) is 0 Å². The smallest absolute Gasteiger partial charge is 0.0945 e. The summed E-state index contributed by atoms with van der Waals surface area (Å²) in [6.45, 7) is 7.89. The van der Waals surface area contributed by atoms with E-state index in [1.54, 1.807) is 11.3 Å². The number of rotatable bonds is 8. The molecule has 0 aliphatic carbocycles. The molecule has 0 unspecified atom stereocenters. The first-order chi connectivity index (χ1) is 10.2. The van der Waals surface area contributed by atoms with Crippen LogP contribution in [0.3, 0.4) is 0 Å². The molecule has 4 heteroatoms. The van der Waals surface area contributed by atoms with Gasteiger partial charge in [0.1, 0.15) is 0 Å². The van der Waals surface area contributed by atoms with E-state index in [4.69, 9.17) is 10.7 Å². The number of nitrogens with zero attached hydrogens (tertiary/aromatic N) is 2. The van der Waals surface area contributed by atoms with E-state index < -0.39 is 0 Å². The van der Waals surface area contributed by atoms with Crippen LogP contribution in [-0.2, 0) is 6.42 Å². The zero-order chi connectivity index (χ0) is 15.1. The van der Waals surface area contributed by atoms with Crippen molar-refractivity contribution in [1.29, 1.82) is 0 Å². The molecule has 2 rings (SSSR count). The lowest BCUT2D eigenvalue weighted by Crippen LogP contribution is -2.26. The van der Waals surface area contributed by atoms with Crippen LogP contribution < -0.4 is 5.73 Å². The lowest BCUT2D eigenvalue weighted by atomic mass is 10.1. The molecule has 0 spiro atoms. The second-order valence-corrected chi connectivity index (χ2v) is 6.23. The maximum absolute atomic E-state index is 5.83. The fraction of sp³-hybridized carbons (Fsp3) is 0.471. The van der Waals surface area contributed by atoms with Gasteiger partial charge >= 0.3 is 0 Å². The van der Waals surface area contributed by atoms with Crippen molar-refractivity contribution in [1.82, 2.24) is 9.88 Å². The number of hydrogen-bond donors (Lipinski definition) is 1. The number of anilines is 1. The average molecular weight is 303 g/mol. The molecule has 1 heterocycles. The van der Waals surface area contributed by atoms with E-state index in [2.05, 4.69) is 30.2 Å². The van der Waals surface area contributed by atoms with Crippen LogP contribution in [0, 0.1) is 0 Å². The Morgan fingerprint density at radius 3 is 2.81 bits per heavy atom. The van der Waals surface area contributed by atoms with Gasteiger partial charge in [-0.3, -0.25) is 0 Å². The van der Waals surface area contributed by atoms with Gasteiger partial charge in [0.25, 0.3) is 0 Å². The number of benzene rings is 1. The Hall–Kier alpha value is -1.39. The summed E-state index contributed by atoms with van der Waals surface area (Å²) in [7, 11) is 0. The van der Waals surface area contributed by atoms with Crippen LogP contribution in [0.5, 0.6) is 0 Å². The predicted octanol–water partition coefficient (Wildman–Crippen LogP) is 4.06. The second-order valence-electron chi connectivity index (χ2n) is 5.29. The Kier molecular flexibility index (Phi) is 6.21. The quantitative estimate of drug-likeness (QED) is 0.748. The van der Waals surface area contributed by atoms with Gasteiger partial charge < -0.3 is 10.6 Å². The topological polar surface area (TPSA) is 42.2 Å². The van der Waals surface area contributed by atoms with Gasteiger partial charge in [-0.05, 0) is 31.6 Å². The number of likely N-dealkylation sites (N-methyl/N-ethyl adjacent to an activating group) is 1. The monoisotopic (exact) mass is 303 g/mol. The van der Waals surface area contributed by atoms with E-state index in [-0.39, 0.29) is 0 Å². The molecule has 1 aromatic carbocycles. The minimum absolute atomic E-state index is 0.791. The molecular formula is C17H25N3S. The van der Waals surface area contributed by atoms with Crippen LogP contribution >= 0.6 is 11.3 Å². The Morgan fingerprint density at radius 2 is 2.10 bits per heavy atom. The number of unbranched alkanes of at least 4 members (excludes halogenated alkanes) is 1. The van der Waals surface area contributed by atoms with E-state index in [0.717, 1.165) is 36.5 Å². The van der Waals surface area contributed by atoms with E-state index in [1.165, 1.54) is 24.4 Å². The molecule has 0 amide bonds. The summed E-state index contributed by atoms with van der Waals surface area (Å²) >= 11 is 1.75. The normalized spacial score (nSPS) is 11.2. The molecule has 2 N–H and O–H groups in total. The fourth-order valence-electron chi connectivity index (χ4n) is 2.32. The van der Waals surface area contributed by atoms with Gasteiger partial charge in [0, 0.05) is 29.6 Å². The molecule has 0 saturated heterocycles. The Labute approximate surface area is 131 Å². The molecule has 3 nitrogen and oxygen atoms in total. The Bertz CT molecular complexity index is 550. The SMILES string of the molecule is CCCCN(CC)CCc1nc(-c2cccc(N)c2)cs1. The van der Waals surface area contributed by atoms with Crippen LogP contribution in [0.25, 0.3) is 11.3 Å². The van der Waals surface area contributed by atoms with Crippen molar-refractivity contribution < 1.29 is 0 Å². The molecule has 0 aliphatic heterocycles. The highest BCUT2D eigenvalue weighted by Gasteiger charge is 2.07. The van der Waals surface area contributed by atoms with Crippen molar-refractivity contribution >= 4 is 17.0 Å². The molecule has 114 valence electrons. The van der Waals surface area contributed by atoms with E-state index in [0.29, 0.717) is 0 Å². The van der Waals surface area contributed by atoms with Gasteiger partial charge in [-0.1, -0.05) is 32.4 Å². The van der Waals surface area contributed by atoms with E-state index >= 15 is 0 Å². The number of nitrogen functional groups attached to an aromatic ring is 1. The molecule has 0 aliphatic rings. The van der Waals surface area contributed by atoms with Crippen LogP contribution in [0.1, 0.15) is 31.7 Å². The zero-order valence-corrected chi connectivity index (χ0v) is 13.8. The molecule has 2 aromatic rings. The second kappa shape index (κ2) is 8.15. The van der Waals surface area contributed by atoms with Crippen molar-refractivity contribution in [2.24, 2.45) is 0 Å². The molecule has 0 radical (unpaired) electrons. The Morgan fingerprint density at radius 1 is 1.24 bits per heavy atom. The number of hydrogen-bond acceptors (Lipinski definition) is 4. The molecule has 0 saturated carbocycles. The summed E-state index contributed by atoms with van der Waals surface area (Å²) in [6, 6.07) is 7.93. The summed E-state index contributed by atoms with van der Waals surface area (Å²) in [5.41, 5.74) is 8.77. The molecule has 0 atom stereocenters. The number of thiazole rings is 1. The van der Waals surface area contributed by atoms with Crippen molar-refractivity contribution in [3.05, 3.63) is 34.7 Å². The number of nitrogens with two attached hydrogens (primary N) is 1. The zero-order valence-electron chi connectivity index (χ0n) is 13.0. The highest BCUT2D eigenvalue weighted by atomic mass is 32.1. The van der Waals surface area contributed by atoms with Crippen molar-refractivity contribution in [2.75, 3.05) is 25.4 Å². The predicted molar refractivity (Wildman–Crippen MR) is 92.7 cm³/mol. The third-order valence-electron chi connectivity index (χ3n) is 3.65. The highest BCUT2D eigenvalue weighted by molar-refractivity contribution is 7.09. The third-order valence-corrected chi connectivity index (χ3v) is 4.56. The lowest BCUT2D eigenvalue weighted by molar-refractivity contribution is 0.287. The molecule has 0 fully saturated rings. The third kappa shape index (κ3) is 4.83. The van der Waals surface area contributed by atoms with Crippen LogP contribution in [0.4, 0.5) is 5.69 Å². The van der Waals surface area contributed by atoms with Crippen molar-refractivity contribution in [2.45, 2.75) is 33.1 Å². The van der Waals surface area contributed by atoms with Crippen molar-refractivity contribution in [3.63, 3.8) is 0 Å². The fourth-order valence-corrected chi connectivity index (χ4v) is 3.12. The lowest BCUT2D eigenvalue weighted by Gasteiger charge is -2.19. The maximum Gasteiger partial charge on any atom is 0.0945 e. The van der Waals surface area contributed by atoms with Gasteiger partial charge in [-0.2, -0.15) is 0 Å². The van der Waals surface area contributed by atoms with Gasteiger partial charge in [0.05, 0.1) is 10.7 Å². The highest BCUT2D eigenvalue weighted by Crippen LogP contribution is 2.23. The maximum atomic E-state index is 5.83. The number of aromatic nitrogens is 1. The summed E-state index contributed by atoms with van der Waals surface area (Å²) in [5, 5.41) is 3.34. The molecule has 1 aromatic heterocycles. The summed E-state index contributed by atoms with van der Waals surface area (Å²) < 4.78 is 0. The summed E-state index contributed by atoms with van der Waals surface area (Å²) in [5.74, 6) is 0. The summed E-state index contributed by atoms with van der Waals surface area (Å²) in [6.07, 6.45) is 3.57. The summed E-state index contributed by atoms with van der Waals surface area (Å²) in [4.78, 5) is 7.25. The standard InChI is InChI=1S/C17H25N3S/c1-3-5-10-20(4-2)11-9-17-19-16(13-21-17)14-7-6-8-15(18)12-14/h6-8,12-13H,3-5,9-11,18H2,1-2H3. The largest absolute Gasteiger partial charge is 0.399 e. The van der Waals surface area contributed by atoms with E-state index in [9.17, 15) is 0 Å². The minimum Gasteiger partial charge on any atom is -0.399 e. The van der Waals surface area contributed by atoms with E-state index in [1.807, 2.05) is 18.2 Å². The minimum atomic E-state index is 0.791. The van der Waals surface area contributed by atoms with Gasteiger partial charge in [-0.15, -0.1) is 11.3 Å². The molecule has 21 heavy (non-hydrogen) atoms. The van der Waals surface area contributed by atoms with Gasteiger partial charge in [0.15, 0.2) is 0 Å². The molecule has 0 bridgehead atoms. The first kappa shape index (κ1) is 16.0. The van der Waals surface area contributed by atoms with Crippen LogP contribution in [-0.4, -0.2) is 29.5 Å². The first-order valence-electron chi connectivity index (χ1n) is 7.75. The van der Waals surface area contributed by atoms with Gasteiger partial charge in [-0.25, -0.2) is 4.98 Å². The average Bonchev–Trinajstić information content (AvgIpc) is 2.96.